The van der Waals surface area contributed by atoms with Crippen molar-refractivity contribution in [2.24, 2.45) is 10.2 Å². The molecular formula is C32H38N6O. The molecule has 7 heteroatoms. The maximum atomic E-state index is 8.73. The molecule has 1 atom stereocenters. The molecule has 0 radical (unpaired) electrons. The van der Waals surface area contributed by atoms with E-state index in [2.05, 4.69) is 76.0 Å². The van der Waals surface area contributed by atoms with E-state index in [1.165, 1.54) is 11.1 Å². The summed E-state index contributed by atoms with van der Waals surface area (Å²) < 4.78 is 6.72. The lowest BCUT2D eigenvalue weighted by Gasteiger charge is -2.27. The monoisotopic (exact) mass is 522 g/mol. The van der Waals surface area contributed by atoms with Crippen molar-refractivity contribution >= 4 is 22.9 Å². The normalized spacial score (nSPS) is 15.4. The van der Waals surface area contributed by atoms with E-state index in [-0.39, 0.29) is 6.10 Å². The van der Waals surface area contributed by atoms with E-state index in [0.29, 0.717) is 17.3 Å². The molecule has 0 saturated heterocycles. The minimum atomic E-state index is -0.0687. The third kappa shape index (κ3) is 7.42. The van der Waals surface area contributed by atoms with Crippen LogP contribution in [0.25, 0.3) is 0 Å². The smallest absolute Gasteiger partial charge is 0.176 e. The average molecular weight is 523 g/mol. The molecule has 1 heterocycles. The highest BCUT2D eigenvalue weighted by Gasteiger charge is 2.24. The molecule has 0 amide bonds. The molecule has 3 aromatic rings. The van der Waals surface area contributed by atoms with Gasteiger partial charge >= 0.3 is 0 Å². The van der Waals surface area contributed by atoms with Gasteiger partial charge in [-0.3, -0.25) is 10.3 Å². The molecule has 0 aliphatic carbocycles. The highest BCUT2D eigenvalue weighted by atomic mass is 16.5. The second kappa shape index (κ2) is 13.0. The summed E-state index contributed by atoms with van der Waals surface area (Å²) in [5, 5.41) is 20.7. The van der Waals surface area contributed by atoms with Crippen LogP contribution in [0.4, 0.5) is 5.69 Å². The van der Waals surface area contributed by atoms with Crippen molar-refractivity contribution in [3.63, 3.8) is 0 Å². The maximum Gasteiger partial charge on any atom is 0.176 e. The number of ether oxygens (including phenoxy) is 1. The van der Waals surface area contributed by atoms with Crippen LogP contribution >= 0.6 is 0 Å². The SMILES string of the molecule is CC1=NN=C(N(C)C)C(=N)/C1=C(/C)Nc1ccccc1OC(Cc1ccccc1)CN(C)Cc1ccccc1. The minimum absolute atomic E-state index is 0.0687. The molecule has 0 fully saturated rings. The molecule has 1 aliphatic heterocycles. The van der Waals surface area contributed by atoms with Gasteiger partial charge in [0.05, 0.1) is 11.4 Å². The van der Waals surface area contributed by atoms with Gasteiger partial charge in [-0.2, -0.15) is 5.10 Å². The summed E-state index contributed by atoms with van der Waals surface area (Å²) >= 11 is 0. The number of benzene rings is 3. The van der Waals surface area contributed by atoms with Crippen molar-refractivity contribution in [1.82, 2.24) is 9.80 Å². The largest absolute Gasteiger partial charge is 0.487 e. The first kappa shape index (κ1) is 27.8. The standard InChI is InChI=1S/C32H38N6O/c1-23(30-24(2)35-36-32(31(30)33)37(3)4)34-28-18-12-13-19-29(28)39-27(20-25-14-8-6-9-15-25)22-38(5)21-26-16-10-7-11-17-26/h6-19,27,33-34H,20-22H2,1-5H3/b30-23-,33-31?. The number of nitrogens with one attached hydrogen (secondary N) is 2. The number of nitrogens with zero attached hydrogens (tertiary/aromatic N) is 4. The van der Waals surface area contributed by atoms with Crippen LogP contribution in [0.1, 0.15) is 25.0 Å². The van der Waals surface area contributed by atoms with Crippen LogP contribution in [0, 0.1) is 5.41 Å². The molecule has 1 unspecified atom stereocenters. The predicted molar refractivity (Wildman–Crippen MR) is 162 cm³/mol. The second-order valence-electron chi connectivity index (χ2n) is 10.1. The van der Waals surface area contributed by atoms with Gasteiger partial charge in [-0.05, 0) is 44.2 Å². The molecule has 1 aliphatic rings. The number of allylic oxidation sites excluding steroid dienone is 1. The second-order valence-corrected chi connectivity index (χ2v) is 10.1. The van der Waals surface area contributed by atoms with Crippen molar-refractivity contribution in [1.29, 1.82) is 5.41 Å². The van der Waals surface area contributed by atoms with Gasteiger partial charge in [-0.1, -0.05) is 72.8 Å². The van der Waals surface area contributed by atoms with Crippen molar-refractivity contribution in [2.45, 2.75) is 32.9 Å². The van der Waals surface area contributed by atoms with Crippen LogP contribution in [0.15, 0.2) is 106 Å². The fraction of sp³-hybridized carbons (Fsp3) is 0.281. The van der Waals surface area contributed by atoms with Crippen LogP contribution in [-0.4, -0.2) is 60.9 Å². The fourth-order valence-corrected chi connectivity index (χ4v) is 4.73. The summed E-state index contributed by atoms with van der Waals surface area (Å²) in [6.07, 6.45) is 0.716. The Bertz CT molecular complexity index is 1360. The Morgan fingerprint density at radius 3 is 2.15 bits per heavy atom. The summed E-state index contributed by atoms with van der Waals surface area (Å²) in [6, 6.07) is 28.9. The zero-order chi connectivity index (χ0) is 27.8. The highest BCUT2D eigenvalue weighted by molar-refractivity contribution is 6.53. The van der Waals surface area contributed by atoms with Gasteiger partial charge in [0.15, 0.2) is 5.84 Å². The van der Waals surface area contributed by atoms with Crippen LogP contribution in [0.2, 0.25) is 0 Å². The molecule has 0 saturated carbocycles. The zero-order valence-corrected chi connectivity index (χ0v) is 23.5. The Balaban J connectivity index is 1.57. The van der Waals surface area contributed by atoms with Crippen molar-refractivity contribution in [3.05, 3.63) is 107 Å². The lowest BCUT2D eigenvalue weighted by atomic mass is 10.0. The number of hydrogen-bond donors (Lipinski definition) is 2. The van der Waals surface area contributed by atoms with Gasteiger partial charge in [0, 0.05) is 44.9 Å². The van der Waals surface area contributed by atoms with Gasteiger partial charge < -0.3 is 15.0 Å². The Morgan fingerprint density at radius 1 is 0.872 bits per heavy atom. The quantitative estimate of drug-likeness (QED) is 0.350. The first-order valence-corrected chi connectivity index (χ1v) is 13.2. The number of likely N-dealkylation sites (N-methyl/N-ethyl adjacent to an activating group) is 1. The van der Waals surface area contributed by atoms with Crippen LogP contribution in [0.3, 0.4) is 0 Å². The molecular weight excluding hydrogens is 484 g/mol. The van der Waals surface area contributed by atoms with Gasteiger partial charge in [0.2, 0.25) is 0 Å². The molecule has 2 N–H and O–H groups in total. The Labute approximate surface area is 232 Å². The average Bonchev–Trinajstić information content (AvgIpc) is 2.90. The van der Waals surface area contributed by atoms with Gasteiger partial charge in [0.1, 0.15) is 17.6 Å². The Hall–Kier alpha value is -4.23. The number of hydrogen-bond acceptors (Lipinski definition) is 7. The zero-order valence-electron chi connectivity index (χ0n) is 23.5. The maximum absolute atomic E-state index is 8.73. The van der Waals surface area contributed by atoms with Crippen LogP contribution in [0.5, 0.6) is 5.75 Å². The molecule has 7 nitrogen and oxygen atoms in total. The van der Waals surface area contributed by atoms with Crippen molar-refractivity contribution in [2.75, 3.05) is 33.0 Å². The van der Waals surface area contributed by atoms with Crippen molar-refractivity contribution < 1.29 is 4.74 Å². The number of para-hydroxylation sites is 2. The van der Waals surface area contributed by atoms with Gasteiger partial charge in [0.25, 0.3) is 0 Å². The molecule has 202 valence electrons. The summed E-state index contributed by atoms with van der Waals surface area (Å²) in [5.41, 5.74) is 5.98. The number of anilines is 1. The third-order valence-electron chi connectivity index (χ3n) is 6.55. The molecule has 39 heavy (non-hydrogen) atoms. The van der Waals surface area contributed by atoms with E-state index < -0.39 is 0 Å². The van der Waals surface area contributed by atoms with Crippen LogP contribution in [-0.2, 0) is 13.0 Å². The fourth-order valence-electron chi connectivity index (χ4n) is 4.73. The lowest BCUT2D eigenvalue weighted by Crippen LogP contribution is -2.35. The minimum Gasteiger partial charge on any atom is -0.487 e. The Kier molecular flexibility index (Phi) is 9.28. The Morgan fingerprint density at radius 2 is 1.49 bits per heavy atom. The number of amidine groups is 1. The van der Waals surface area contributed by atoms with E-state index in [1.54, 1.807) is 0 Å². The first-order valence-electron chi connectivity index (χ1n) is 13.2. The van der Waals surface area contributed by atoms with Crippen molar-refractivity contribution in [3.8, 4) is 5.75 Å². The van der Waals surface area contributed by atoms with E-state index in [1.807, 2.05) is 69.2 Å². The van der Waals surface area contributed by atoms with E-state index in [0.717, 1.165) is 42.2 Å². The topological polar surface area (TPSA) is 76.3 Å². The molecule has 0 bridgehead atoms. The summed E-state index contributed by atoms with van der Waals surface area (Å²) in [4.78, 5) is 4.11. The van der Waals surface area contributed by atoms with E-state index in [4.69, 9.17) is 10.1 Å². The van der Waals surface area contributed by atoms with E-state index in [9.17, 15) is 0 Å². The summed E-state index contributed by atoms with van der Waals surface area (Å²) in [5.74, 6) is 1.30. The molecule has 4 rings (SSSR count). The molecule has 3 aromatic carbocycles. The molecule has 0 aromatic heterocycles. The third-order valence-corrected chi connectivity index (χ3v) is 6.55. The van der Waals surface area contributed by atoms with Gasteiger partial charge in [-0.15, -0.1) is 5.10 Å². The summed E-state index contributed by atoms with van der Waals surface area (Å²) in [6.45, 7) is 5.45. The highest BCUT2D eigenvalue weighted by Crippen LogP contribution is 2.28. The van der Waals surface area contributed by atoms with Crippen LogP contribution < -0.4 is 10.1 Å². The lowest BCUT2D eigenvalue weighted by molar-refractivity contribution is 0.145. The first-order chi connectivity index (χ1) is 18.8. The summed E-state index contributed by atoms with van der Waals surface area (Å²) in [7, 11) is 5.87. The van der Waals surface area contributed by atoms with E-state index >= 15 is 0 Å². The molecule has 0 spiro atoms. The van der Waals surface area contributed by atoms with Gasteiger partial charge in [-0.25, -0.2) is 0 Å². The predicted octanol–water partition coefficient (Wildman–Crippen LogP) is 5.86. The number of rotatable bonds is 10.